The van der Waals surface area contributed by atoms with Gasteiger partial charge >= 0.3 is 0 Å². The van der Waals surface area contributed by atoms with Crippen molar-refractivity contribution in [3.05, 3.63) is 29.8 Å². The molecule has 3 atom stereocenters. The fraction of sp³-hybridized carbons (Fsp3) is 0.739. The molecule has 0 saturated heterocycles. The average molecular weight is 395 g/mol. The predicted octanol–water partition coefficient (Wildman–Crippen LogP) is 6.56. The molecular weight excluding hydrogens is 355 g/mol. The summed E-state index contributed by atoms with van der Waals surface area (Å²) >= 11 is 0. The van der Waals surface area contributed by atoms with Crippen LogP contribution in [0.25, 0.3) is 0 Å². The van der Waals surface area contributed by atoms with E-state index in [-0.39, 0.29) is 6.29 Å². The molecule has 0 bridgehead atoms. The molecule has 1 aromatic carbocycles. The molecule has 0 radical (unpaired) electrons. The lowest BCUT2D eigenvalue weighted by Gasteiger charge is -2.25. The van der Waals surface area contributed by atoms with E-state index in [4.69, 9.17) is 14.2 Å². The van der Waals surface area contributed by atoms with Crippen molar-refractivity contribution < 1.29 is 14.2 Å². The zero-order valence-electron chi connectivity index (χ0n) is 17.9. The Morgan fingerprint density at radius 1 is 1.04 bits per heavy atom. The van der Waals surface area contributed by atoms with Crippen LogP contribution in [0.15, 0.2) is 24.3 Å². The van der Waals surface area contributed by atoms with E-state index in [1.165, 1.54) is 44.1 Å². The van der Waals surface area contributed by atoms with E-state index >= 15 is 0 Å². The van der Waals surface area contributed by atoms with Crippen LogP contribution in [0.3, 0.4) is 0 Å². The Bertz CT molecular complexity index is 517. The molecule has 2 rings (SSSR count). The third kappa shape index (κ3) is 8.94. The van der Waals surface area contributed by atoms with Crippen LogP contribution in [0.2, 0.25) is 0 Å². The molecule has 154 valence electrons. The van der Waals surface area contributed by atoms with Crippen molar-refractivity contribution in [2.45, 2.75) is 84.3 Å². The molecule has 1 fully saturated rings. The molecule has 4 heteroatoms. The first kappa shape index (κ1) is 22.7. The lowest BCUT2D eigenvalue weighted by molar-refractivity contribution is -0.0940. The molecule has 0 spiro atoms. The highest BCUT2D eigenvalue weighted by atomic mass is 31.1. The Morgan fingerprint density at radius 2 is 1.70 bits per heavy atom. The Labute approximate surface area is 168 Å². The summed E-state index contributed by atoms with van der Waals surface area (Å²) < 4.78 is 17.6. The predicted molar refractivity (Wildman–Crippen MR) is 116 cm³/mol. The van der Waals surface area contributed by atoms with Crippen LogP contribution in [0.5, 0.6) is 5.75 Å². The molecule has 27 heavy (non-hydrogen) atoms. The minimum atomic E-state index is -0.260. The molecule has 0 N–H and O–H groups in total. The van der Waals surface area contributed by atoms with Gasteiger partial charge in [-0.2, -0.15) is 0 Å². The fourth-order valence-electron chi connectivity index (χ4n) is 3.66. The minimum absolute atomic E-state index is 0.260. The van der Waals surface area contributed by atoms with Gasteiger partial charge in [0.15, 0.2) is 6.29 Å². The summed E-state index contributed by atoms with van der Waals surface area (Å²) in [5.41, 5.74) is 2.39. The lowest BCUT2D eigenvalue weighted by Crippen LogP contribution is -2.22. The van der Waals surface area contributed by atoms with Gasteiger partial charge in [0, 0.05) is 5.66 Å². The molecule has 0 aliphatic heterocycles. The maximum atomic E-state index is 5.90. The van der Waals surface area contributed by atoms with Crippen LogP contribution in [0.1, 0.15) is 77.4 Å². The molecular formula is C23H39O3P. The van der Waals surface area contributed by atoms with Crippen LogP contribution in [-0.4, -0.2) is 32.3 Å². The van der Waals surface area contributed by atoms with Crippen molar-refractivity contribution in [2.24, 2.45) is 5.41 Å². The first-order valence-corrected chi connectivity index (χ1v) is 12.1. The van der Waals surface area contributed by atoms with Gasteiger partial charge in [0.05, 0.1) is 19.3 Å². The maximum Gasteiger partial charge on any atom is 0.197 e. The van der Waals surface area contributed by atoms with Crippen LogP contribution < -0.4 is 4.74 Å². The smallest absolute Gasteiger partial charge is 0.197 e. The first-order chi connectivity index (χ1) is 12.9. The van der Waals surface area contributed by atoms with Gasteiger partial charge in [-0.25, -0.2) is 0 Å². The zero-order chi connectivity index (χ0) is 19.7. The molecule has 0 amide bonds. The molecule has 1 aromatic rings. The van der Waals surface area contributed by atoms with Crippen LogP contribution in [-0.2, 0) is 9.47 Å². The van der Waals surface area contributed by atoms with Crippen molar-refractivity contribution in [1.29, 1.82) is 0 Å². The average Bonchev–Trinajstić information content (AvgIpc) is 2.64. The number of rotatable bonds is 10. The van der Waals surface area contributed by atoms with Crippen molar-refractivity contribution in [2.75, 3.05) is 19.9 Å². The number of hydrogen-bond acceptors (Lipinski definition) is 3. The SMILES string of the molecule is CPC(CC(C)(C)C)c1ccc(OC(C)OCCOC2CCCCC2)cc1. The van der Waals surface area contributed by atoms with Crippen molar-refractivity contribution in [3.8, 4) is 5.75 Å². The second kappa shape index (κ2) is 11.4. The topological polar surface area (TPSA) is 27.7 Å². The molecule has 0 aromatic heterocycles. The Morgan fingerprint density at radius 3 is 2.30 bits per heavy atom. The first-order valence-electron chi connectivity index (χ1n) is 10.5. The third-order valence-electron chi connectivity index (χ3n) is 5.09. The highest BCUT2D eigenvalue weighted by Gasteiger charge is 2.19. The van der Waals surface area contributed by atoms with Gasteiger partial charge in [-0.3, -0.25) is 0 Å². The Kier molecular flexibility index (Phi) is 9.56. The van der Waals surface area contributed by atoms with Crippen LogP contribution in [0.4, 0.5) is 0 Å². The van der Waals surface area contributed by atoms with Gasteiger partial charge in [-0.05, 0) is 56.0 Å². The normalized spacial score (nSPS) is 18.7. The van der Waals surface area contributed by atoms with Crippen molar-refractivity contribution >= 4 is 8.58 Å². The second-order valence-electron chi connectivity index (χ2n) is 8.86. The maximum absolute atomic E-state index is 5.90. The second-order valence-corrected chi connectivity index (χ2v) is 10.1. The fourth-order valence-corrected chi connectivity index (χ4v) is 5.01. The standard InChI is InChI=1S/C23H39O3P/c1-18(24-15-16-25-20-9-7-6-8-10-20)26-21-13-11-19(12-14-21)22(27-5)17-23(2,3)4/h11-14,18,20,22,27H,6-10,15-17H2,1-5H3. The highest BCUT2D eigenvalue weighted by Crippen LogP contribution is 2.41. The van der Waals surface area contributed by atoms with E-state index in [9.17, 15) is 0 Å². The third-order valence-corrected chi connectivity index (χ3v) is 6.33. The van der Waals surface area contributed by atoms with Crippen LogP contribution >= 0.6 is 8.58 Å². The molecule has 1 aliphatic carbocycles. The van der Waals surface area contributed by atoms with Crippen molar-refractivity contribution in [3.63, 3.8) is 0 Å². The quantitative estimate of drug-likeness (QED) is 0.255. The summed E-state index contributed by atoms with van der Waals surface area (Å²) in [6.07, 6.45) is 7.75. The number of benzene rings is 1. The summed E-state index contributed by atoms with van der Waals surface area (Å²) in [6.45, 7) is 12.4. The van der Waals surface area contributed by atoms with E-state index in [1.54, 1.807) is 0 Å². The van der Waals surface area contributed by atoms with Gasteiger partial charge in [0.25, 0.3) is 0 Å². The summed E-state index contributed by atoms with van der Waals surface area (Å²) in [5, 5.41) is 0. The summed E-state index contributed by atoms with van der Waals surface area (Å²) in [4.78, 5) is 0. The Hall–Kier alpha value is -0.630. The van der Waals surface area contributed by atoms with Gasteiger partial charge in [0.1, 0.15) is 5.75 Å². The van der Waals surface area contributed by atoms with E-state index < -0.39 is 0 Å². The van der Waals surface area contributed by atoms with E-state index in [2.05, 4.69) is 51.7 Å². The lowest BCUT2D eigenvalue weighted by atomic mass is 9.88. The van der Waals surface area contributed by atoms with Gasteiger partial charge in [-0.1, -0.05) is 52.2 Å². The van der Waals surface area contributed by atoms with E-state index in [0.717, 1.165) is 14.3 Å². The Balaban J connectivity index is 1.71. The van der Waals surface area contributed by atoms with E-state index in [0.29, 0.717) is 30.4 Å². The van der Waals surface area contributed by atoms with E-state index in [1.807, 2.05) is 6.92 Å². The molecule has 1 aliphatic rings. The van der Waals surface area contributed by atoms with Gasteiger partial charge in [-0.15, -0.1) is 8.58 Å². The largest absolute Gasteiger partial charge is 0.465 e. The molecule has 1 saturated carbocycles. The van der Waals surface area contributed by atoms with Crippen LogP contribution in [0, 0.1) is 5.41 Å². The zero-order valence-corrected chi connectivity index (χ0v) is 18.9. The minimum Gasteiger partial charge on any atom is -0.465 e. The highest BCUT2D eigenvalue weighted by molar-refractivity contribution is 7.37. The monoisotopic (exact) mass is 394 g/mol. The van der Waals surface area contributed by atoms with Gasteiger partial charge in [0.2, 0.25) is 0 Å². The van der Waals surface area contributed by atoms with Crippen molar-refractivity contribution in [1.82, 2.24) is 0 Å². The molecule has 3 nitrogen and oxygen atoms in total. The summed E-state index contributed by atoms with van der Waals surface area (Å²) in [5.74, 6) is 0.869. The number of ether oxygens (including phenoxy) is 3. The number of hydrogen-bond donors (Lipinski definition) is 0. The summed E-state index contributed by atoms with van der Waals surface area (Å²) in [6, 6.07) is 8.56. The summed E-state index contributed by atoms with van der Waals surface area (Å²) in [7, 11) is 0.914. The molecule has 0 heterocycles. The molecule has 3 unspecified atom stereocenters. The van der Waals surface area contributed by atoms with Gasteiger partial charge < -0.3 is 14.2 Å².